The van der Waals surface area contributed by atoms with Crippen LogP contribution in [0.25, 0.3) is 0 Å². The molecule has 0 aliphatic carbocycles. The zero-order valence-corrected chi connectivity index (χ0v) is 14.6. The number of benzene rings is 2. The van der Waals surface area contributed by atoms with Gasteiger partial charge in [-0.3, -0.25) is 4.79 Å². The number of hydrogen-bond donors (Lipinski definition) is 1. The minimum Gasteiger partial charge on any atom is -0.351 e. The Morgan fingerprint density at radius 3 is 2.59 bits per heavy atom. The first-order valence-corrected chi connectivity index (χ1v) is 8.77. The maximum Gasteiger partial charge on any atom is 0.233 e. The highest BCUT2D eigenvalue weighted by molar-refractivity contribution is 9.10. The summed E-state index contributed by atoms with van der Waals surface area (Å²) in [7, 11) is 0. The van der Waals surface area contributed by atoms with Crippen molar-refractivity contribution in [2.45, 2.75) is 24.5 Å². The quantitative estimate of drug-likeness (QED) is 0.796. The Hall–Kier alpha value is -1.33. The van der Waals surface area contributed by atoms with E-state index in [1.807, 2.05) is 31.2 Å². The fraction of sp³-hybridized carbons (Fsp3) is 0.235. The Balaban J connectivity index is 1.79. The van der Waals surface area contributed by atoms with E-state index in [9.17, 15) is 9.18 Å². The third-order valence-electron chi connectivity index (χ3n) is 3.19. The zero-order valence-electron chi connectivity index (χ0n) is 12.2. The van der Waals surface area contributed by atoms with Gasteiger partial charge in [0.05, 0.1) is 5.25 Å². The van der Waals surface area contributed by atoms with Crippen molar-refractivity contribution in [3.8, 4) is 0 Å². The minimum absolute atomic E-state index is 0.0784. The first kappa shape index (κ1) is 17.0. The van der Waals surface area contributed by atoms with Crippen LogP contribution in [0.15, 0.2) is 53.0 Å². The summed E-state index contributed by atoms with van der Waals surface area (Å²) >= 11 is 4.96. The van der Waals surface area contributed by atoms with Crippen molar-refractivity contribution >= 4 is 33.6 Å². The highest BCUT2D eigenvalue weighted by Gasteiger charge is 2.13. The molecule has 22 heavy (non-hydrogen) atoms. The van der Waals surface area contributed by atoms with Gasteiger partial charge in [0.2, 0.25) is 5.91 Å². The van der Waals surface area contributed by atoms with Gasteiger partial charge in [0, 0.05) is 22.3 Å². The van der Waals surface area contributed by atoms with Crippen LogP contribution in [-0.4, -0.2) is 11.2 Å². The lowest BCUT2D eigenvalue weighted by Crippen LogP contribution is -2.30. The average Bonchev–Trinajstić information content (AvgIpc) is 2.53. The van der Waals surface area contributed by atoms with Crippen molar-refractivity contribution in [2.75, 3.05) is 0 Å². The molecule has 0 aliphatic rings. The number of rotatable bonds is 6. The van der Waals surface area contributed by atoms with Crippen LogP contribution in [0, 0.1) is 5.82 Å². The number of amides is 1. The Morgan fingerprint density at radius 2 is 1.91 bits per heavy atom. The topological polar surface area (TPSA) is 29.1 Å². The lowest BCUT2D eigenvalue weighted by atomic mass is 10.2. The molecule has 0 saturated carbocycles. The Morgan fingerprint density at radius 1 is 1.23 bits per heavy atom. The number of carbonyl (C=O) groups is 1. The first-order valence-electron chi connectivity index (χ1n) is 6.93. The normalized spacial score (nSPS) is 12.0. The van der Waals surface area contributed by atoms with E-state index in [1.54, 1.807) is 30.0 Å². The van der Waals surface area contributed by atoms with Gasteiger partial charge in [-0.25, -0.2) is 4.39 Å². The fourth-order valence-electron chi connectivity index (χ4n) is 1.85. The molecule has 2 nitrogen and oxygen atoms in total. The molecule has 5 heteroatoms. The number of hydrogen-bond acceptors (Lipinski definition) is 2. The maximum atomic E-state index is 13.5. The molecule has 116 valence electrons. The highest BCUT2D eigenvalue weighted by Crippen LogP contribution is 2.19. The van der Waals surface area contributed by atoms with Crippen LogP contribution in [0.2, 0.25) is 0 Å². The van der Waals surface area contributed by atoms with Crippen molar-refractivity contribution < 1.29 is 9.18 Å². The van der Waals surface area contributed by atoms with E-state index in [0.717, 1.165) is 10.2 Å². The summed E-state index contributed by atoms with van der Waals surface area (Å²) in [6.07, 6.45) is 0. The van der Waals surface area contributed by atoms with E-state index >= 15 is 0 Å². The molecule has 2 aromatic carbocycles. The molecule has 0 radical (unpaired) electrons. The van der Waals surface area contributed by atoms with E-state index in [-0.39, 0.29) is 23.5 Å². The molecule has 1 atom stereocenters. The monoisotopic (exact) mass is 381 g/mol. The van der Waals surface area contributed by atoms with Crippen molar-refractivity contribution in [1.29, 1.82) is 0 Å². The predicted molar refractivity (Wildman–Crippen MR) is 93.1 cm³/mol. The van der Waals surface area contributed by atoms with Gasteiger partial charge in [0.15, 0.2) is 0 Å². The van der Waals surface area contributed by atoms with Gasteiger partial charge >= 0.3 is 0 Å². The van der Waals surface area contributed by atoms with Crippen LogP contribution < -0.4 is 5.32 Å². The van der Waals surface area contributed by atoms with Crippen molar-refractivity contribution in [1.82, 2.24) is 5.32 Å². The summed E-state index contributed by atoms with van der Waals surface area (Å²) in [6, 6.07) is 14.5. The maximum absolute atomic E-state index is 13.5. The Kier molecular flexibility index (Phi) is 6.46. The predicted octanol–water partition coefficient (Wildman–Crippen LogP) is 4.53. The van der Waals surface area contributed by atoms with E-state index in [1.165, 1.54) is 11.6 Å². The van der Waals surface area contributed by atoms with Gasteiger partial charge in [0.1, 0.15) is 5.82 Å². The lowest BCUT2D eigenvalue weighted by molar-refractivity contribution is -0.120. The molecule has 0 heterocycles. The molecule has 2 rings (SSSR count). The summed E-state index contributed by atoms with van der Waals surface area (Å²) < 4.78 is 14.5. The van der Waals surface area contributed by atoms with Crippen LogP contribution in [0.1, 0.15) is 18.1 Å². The van der Waals surface area contributed by atoms with Crippen LogP contribution in [-0.2, 0) is 17.1 Å². The van der Waals surface area contributed by atoms with Crippen molar-refractivity contribution in [3.63, 3.8) is 0 Å². The molecule has 2 aromatic rings. The van der Waals surface area contributed by atoms with Gasteiger partial charge in [-0.1, -0.05) is 46.3 Å². The number of carbonyl (C=O) groups excluding carboxylic acids is 1. The Bertz CT molecular complexity index is 633. The second-order valence-electron chi connectivity index (χ2n) is 4.89. The van der Waals surface area contributed by atoms with Crippen LogP contribution in [0.4, 0.5) is 4.39 Å². The molecular weight excluding hydrogens is 365 g/mol. The second kappa shape index (κ2) is 8.34. The molecule has 0 aromatic heterocycles. The molecule has 0 spiro atoms. The summed E-state index contributed by atoms with van der Waals surface area (Å²) in [6.45, 7) is 2.08. The third kappa shape index (κ3) is 5.14. The van der Waals surface area contributed by atoms with Crippen LogP contribution in [0.5, 0.6) is 0 Å². The third-order valence-corrected chi connectivity index (χ3v) is 4.94. The molecule has 1 N–H and O–H groups in total. The van der Waals surface area contributed by atoms with Crippen LogP contribution in [0.3, 0.4) is 0 Å². The van der Waals surface area contributed by atoms with Crippen LogP contribution >= 0.6 is 27.7 Å². The van der Waals surface area contributed by atoms with Gasteiger partial charge in [-0.2, -0.15) is 0 Å². The Labute approximate surface area is 142 Å². The summed E-state index contributed by atoms with van der Waals surface area (Å²) in [5, 5.41) is 2.59. The number of halogens is 2. The van der Waals surface area contributed by atoms with Gasteiger partial charge in [-0.15, -0.1) is 11.8 Å². The molecule has 0 aliphatic heterocycles. The first-order chi connectivity index (χ1) is 10.6. The standard InChI is InChI=1S/C17H17BrFNOS/c1-12(22-11-13-6-8-15(18)9-7-13)17(21)20-10-14-4-2-3-5-16(14)19/h2-9,12H,10-11H2,1H3,(H,20,21)/t12-/m1/s1. The minimum atomic E-state index is -0.294. The highest BCUT2D eigenvalue weighted by atomic mass is 79.9. The largest absolute Gasteiger partial charge is 0.351 e. The molecule has 1 amide bonds. The molecule has 0 bridgehead atoms. The number of thioether (sulfide) groups is 1. The summed E-state index contributed by atoms with van der Waals surface area (Å²) in [5.74, 6) is 0.394. The molecular formula is C17H17BrFNOS. The SMILES string of the molecule is C[C@@H](SCc1ccc(Br)cc1)C(=O)NCc1ccccc1F. The second-order valence-corrected chi connectivity index (χ2v) is 7.13. The van der Waals surface area contributed by atoms with Crippen molar-refractivity contribution in [3.05, 3.63) is 69.9 Å². The average molecular weight is 382 g/mol. The van der Waals surface area contributed by atoms with E-state index in [4.69, 9.17) is 0 Å². The number of nitrogens with one attached hydrogen (secondary N) is 1. The zero-order chi connectivity index (χ0) is 15.9. The molecule has 0 unspecified atom stereocenters. The van der Waals surface area contributed by atoms with Gasteiger partial charge in [-0.05, 0) is 30.7 Å². The van der Waals surface area contributed by atoms with E-state index < -0.39 is 0 Å². The fourth-order valence-corrected chi connectivity index (χ4v) is 2.98. The van der Waals surface area contributed by atoms with E-state index in [2.05, 4.69) is 21.2 Å². The summed E-state index contributed by atoms with van der Waals surface area (Å²) in [4.78, 5) is 12.0. The molecule has 0 fully saturated rings. The van der Waals surface area contributed by atoms with Gasteiger partial charge < -0.3 is 5.32 Å². The lowest BCUT2D eigenvalue weighted by Gasteiger charge is -2.12. The van der Waals surface area contributed by atoms with Crippen molar-refractivity contribution in [2.24, 2.45) is 0 Å². The smallest absolute Gasteiger partial charge is 0.233 e. The molecule has 0 saturated heterocycles. The van der Waals surface area contributed by atoms with E-state index in [0.29, 0.717) is 5.56 Å². The summed E-state index contributed by atoms with van der Waals surface area (Å²) in [5.41, 5.74) is 1.67. The van der Waals surface area contributed by atoms with Gasteiger partial charge in [0.25, 0.3) is 0 Å².